The van der Waals surface area contributed by atoms with E-state index in [-0.39, 0.29) is 6.04 Å². The lowest BCUT2D eigenvalue weighted by molar-refractivity contribution is 0.418. The van der Waals surface area contributed by atoms with Gasteiger partial charge in [-0.2, -0.15) is 12.7 Å². The third-order valence-electron chi connectivity index (χ3n) is 1.77. The van der Waals surface area contributed by atoms with E-state index in [0.717, 1.165) is 12.8 Å². The van der Waals surface area contributed by atoms with Crippen LogP contribution in [0.3, 0.4) is 0 Å². The first-order valence-corrected chi connectivity index (χ1v) is 5.50. The number of hydrogen-bond acceptors (Lipinski definition) is 2. The van der Waals surface area contributed by atoms with Gasteiger partial charge < -0.3 is 0 Å². The van der Waals surface area contributed by atoms with Gasteiger partial charge in [-0.1, -0.05) is 0 Å². The lowest BCUT2D eigenvalue weighted by Gasteiger charge is -2.15. The van der Waals surface area contributed by atoms with E-state index in [0.29, 0.717) is 6.54 Å². The predicted octanol–water partition coefficient (Wildman–Crippen LogP) is 0.954. The molecule has 0 amide bonds. The minimum Gasteiger partial charge on any atom is -0.195 e. The molecule has 0 radical (unpaired) electrons. The van der Waals surface area contributed by atoms with Crippen molar-refractivity contribution in [2.75, 3.05) is 6.54 Å². The van der Waals surface area contributed by atoms with Crippen LogP contribution in [-0.4, -0.2) is 25.3 Å². The minimum absolute atomic E-state index is 0.0856. The van der Waals surface area contributed by atoms with E-state index >= 15 is 0 Å². The Balaban J connectivity index is 2.74. The molecule has 0 saturated carbocycles. The molecule has 0 aliphatic carbocycles. The number of nitrogens with zero attached hydrogens (tertiary/aromatic N) is 1. The second-order valence-electron chi connectivity index (χ2n) is 2.54. The average Bonchev–Trinajstić information content (AvgIpc) is 2.11. The molecule has 0 N–H and O–H groups in total. The van der Waals surface area contributed by atoms with Gasteiger partial charge in [0.2, 0.25) is 0 Å². The van der Waals surface area contributed by atoms with Crippen LogP contribution in [-0.2, 0) is 9.24 Å². The first-order chi connectivity index (χ1) is 4.52. The van der Waals surface area contributed by atoms with Crippen LogP contribution < -0.4 is 0 Å². The van der Waals surface area contributed by atoms with Crippen LogP contribution >= 0.6 is 10.7 Å². The molecule has 0 spiro atoms. The van der Waals surface area contributed by atoms with E-state index in [2.05, 4.69) is 0 Å². The number of halogens is 1. The Hall–Kier alpha value is 0.200. The smallest absolute Gasteiger partial charge is 0.195 e. The molecule has 0 bridgehead atoms. The molecule has 0 aromatic heterocycles. The van der Waals surface area contributed by atoms with Gasteiger partial charge in [0.15, 0.2) is 0 Å². The van der Waals surface area contributed by atoms with Gasteiger partial charge >= 0.3 is 0 Å². The standard InChI is InChI=1S/C5H10ClNO2S/c1-5-3-2-4-7(5)10(6,8)9/h5H,2-4H2,1H3. The molecule has 1 aliphatic rings. The van der Waals surface area contributed by atoms with Crippen molar-refractivity contribution in [2.24, 2.45) is 0 Å². The second kappa shape index (κ2) is 2.68. The predicted molar refractivity (Wildman–Crippen MR) is 40.2 cm³/mol. The normalized spacial score (nSPS) is 29.2. The Morgan fingerprint density at radius 3 is 2.40 bits per heavy atom. The van der Waals surface area contributed by atoms with E-state index in [1.54, 1.807) is 0 Å². The molecule has 0 aromatic carbocycles. The Labute approximate surface area is 65.5 Å². The molecule has 3 nitrogen and oxygen atoms in total. The molecule has 10 heavy (non-hydrogen) atoms. The van der Waals surface area contributed by atoms with E-state index < -0.39 is 9.24 Å². The van der Waals surface area contributed by atoms with Crippen LogP contribution in [0.25, 0.3) is 0 Å². The van der Waals surface area contributed by atoms with Gasteiger partial charge in [-0.05, 0) is 19.8 Å². The van der Waals surface area contributed by atoms with Gasteiger partial charge in [0.25, 0.3) is 9.24 Å². The van der Waals surface area contributed by atoms with Crippen LogP contribution in [0.1, 0.15) is 19.8 Å². The molecule has 1 fully saturated rings. The van der Waals surface area contributed by atoms with E-state index in [4.69, 9.17) is 10.7 Å². The molecule has 1 atom stereocenters. The molecule has 1 heterocycles. The Morgan fingerprint density at radius 1 is 1.60 bits per heavy atom. The maximum absolute atomic E-state index is 10.7. The molecule has 5 heteroatoms. The molecule has 1 rings (SSSR count). The highest BCUT2D eigenvalue weighted by Crippen LogP contribution is 2.21. The first-order valence-electron chi connectivity index (χ1n) is 3.23. The van der Waals surface area contributed by atoms with Crippen LogP contribution in [0.4, 0.5) is 0 Å². The largest absolute Gasteiger partial charge is 0.300 e. The van der Waals surface area contributed by atoms with Crippen molar-refractivity contribution in [3.05, 3.63) is 0 Å². The van der Waals surface area contributed by atoms with Gasteiger partial charge in [-0.15, -0.1) is 0 Å². The van der Waals surface area contributed by atoms with Crippen molar-refractivity contribution < 1.29 is 8.42 Å². The summed E-state index contributed by atoms with van der Waals surface area (Å²) in [6, 6.07) is 0.0856. The Kier molecular flexibility index (Phi) is 2.22. The Morgan fingerprint density at radius 2 is 2.20 bits per heavy atom. The van der Waals surface area contributed by atoms with Gasteiger partial charge in [-0.25, -0.2) is 0 Å². The van der Waals surface area contributed by atoms with Gasteiger partial charge in [0, 0.05) is 23.3 Å². The fourth-order valence-corrected chi connectivity index (χ4v) is 2.73. The summed E-state index contributed by atoms with van der Waals surface area (Å²) in [5.74, 6) is 0. The van der Waals surface area contributed by atoms with E-state index in [9.17, 15) is 8.42 Å². The molecule has 1 unspecified atom stereocenters. The summed E-state index contributed by atoms with van der Waals surface area (Å²) in [5.41, 5.74) is 0. The molecular weight excluding hydrogens is 174 g/mol. The number of rotatable bonds is 1. The van der Waals surface area contributed by atoms with Crippen LogP contribution in [0.5, 0.6) is 0 Å². The zero-order valence-corrected chi connectivity index (χ0v) is 7.32. The SMILES string of the molecule is CC1CCCN1S(=O)(=O)Cl. The summed E-state index contributed by atoms with van der Waals surface area (Å²) in [6.07, 6.45) is 1.85. The fourth-order valence-electron chi connectivity index (χ4n) is 1.23. The van der Waals surface area contributed by atoms with Crippen molar-refractivity contribution in [3.63, 3.8) is 0 Å². The minimum atomic E-state index is -3.45. The van der Waals surface area contributed by atoms with Crippen molar-refractivity contribution >= 4 is 19.9 Å². The summed E-state index contributed by atoms with van der Waals surface area (Å²) >= 11 is 0. The van der Waals surface area contributed by atoms with Gasteiger partial charge in [-0.3, -0.25) is 0 Å². The topological polar surface area (TPSA) is 37.4 Å². The van der Waals surface area contributed by atoms with Crippen LogP contribution in [0.2, 0.25) is 0 Å². The van der Waals surface area contributed by atoms with Gasteiger partial charge in [0.1, 0.15) is 0 Å². The van der Waals surface area contributed by atoms with Crippen molar-refractivity contribution in [3.8, 4) is 0 Å². The summed E-state index contributed by atoms with van der Waals surface area (Å²) in [4.78, 5) is 0. The highest BCUT2D eigenvalue weighted by molar-refractivity contribution is 8.11. The lowest BCUT2D eigenvalue weighted by Crippen LogP contribution is -2.29. The van der Waals surface area contributed by atoms with Crippen molar-refractivity contribution in [2.45, 2.75) is 25.8 Å². The summed E-state index contributed by atoms with van der Waals surface area (Å²) < 4.78 is 22.8. The van der Waals surface area contributed by atoms with Crippen molar-refractivity contribution in [1.29, 1.82) is 0 Å². The lowest BCUT2D eigenvalue weighted by atomic mass is 10.3. The molecule has 1 aliphatic heterocycles. The summed E-state index contributed by atoms with van der Waals surface area (Å²) in [7, 11) is 1.69. The van der Waals surface area contributed by atoms with E-state index in [1.165, 1.54) is 4.31 Å². The Bertz CT molecular complexity index is 214. The first kappa shape index (κ1) is 8.30. The summed E-state index contributed by atoms with van der Waals surface area (Å²) in [6.45, 7) is 2.44. The average molecular weight is 184 g/mol. The fraction of sp³-hybridized carbons (Fsp3) is 1.00. The highest BCUT2D eigenvalue weighted by atomic mass is 35.7. The maximum Gasteiger partial charge on any atom is 0.300 e. The van der Waals surface area contributed by atoms with Crippen molar-refractivity contribution in [1.82, 2.24) is 4.31 Å². The summed E-state index contributed by atoms with van der Waals surface area (Å²) in [5, 5.41) is 0. The monoisotopic (exact) mass is 183 g/mol. The third-order valence-corrected chi connectivity index (χ3v) is 3.41. The van der Waals surface area contributed by atoms with E-state index in [1.807, 2.05) is 6.92 Å². The quantitative estimate of drug-likeness (QED) is 0.568. The third kappa shape index (κ3) is 1.62. The maximum atomic E-state index is 10.7. The van der Waals surface area contributed by atoms with Crippen LogP contribution in [0, 0.1) is 0 Å². The second-order valence-corrected chi connectivity index (χ2v) is 5.01. The molecule has 60 valence electrons. The number of hydrogen-bond donors (Lipinski definition) is 0. The zero-order valence-electron chi connectivity index (χ0n) is 5.75. The van der Waals surface area contributed by atoms with Gasteiger partial charge in [0.05, 0.1) is 0 Å². The molecule has 1 saturated heterocycles. The molecule has 0 aromatic rings. The van der Waals surface area contributed by atoms with Crippen LogP contribution in [0.15, 0.2) is 0 Å². The zero-order chi connectivity index (χ0) is 7.78. The highest BCUT2D eigenvalue weighted by Gasteiger charge is 2.29. The molecular formula is C5H10ClNO2S.